The smallest absolute Gasteiger partial charge is 0.422 e. The van der Waals surface area contributed by atoms with Crippen LogP contribution in [0.5, 0.6) is 5.75 Å². The number of hydrogen-bond acceptors (Lipinski definition) is 2. The minimum absolute atomic E-state index is 0.00662. The first-order valence-corrected chi connectivity index (χ1v) is 10.1. The van der Waals surface area contributed by atoms with E-state index in [0.717, 1.165) is 24.3 Å². The molecule has 0 saturated heterocycles. The van der Waals surface area contributed by atoms with Crippen LogP contribution in [0.25, 0.3) is 11.1 Å². The fraction of sp³-hybridized carbons (Fsp3) is 0.409. The standard InChI is InChI=1S/C22H19ClF6O3/c1-2-13-7-8-20(13,19(30)31)15-9-16(12-3-5-14(6-4-12)22(27,28)29)18(17(23)10-15)32-11-21(24,25)26/h3-6,9-10,13H,2,7-8,11H2,1H3,(H,30,31). The zero-order chi connectivity index (χ0) is 23.9. The summed E-state index contributed by atoms with van der Waals surface area (Å²) in [4.78, 5) is 12.2. The van der Waals surface area contributed by atoms with Crippen LogP contribution in [0, 0.1) is 5.92 Å². The van der Waals surface area contributed by atoms with Gasteiger partial charge in [0.25, 0.3) is 0 Å². The monoisotopic (exact) mass is 480 g/mol. The van der Waals surface area contributed by atoms with Gasteiger partial charge in [-0.1, -0.05) is 37.1 Å². The Bertz CT molecular complexity index is 998. The van der Waals surface area contributed by atoms with Crippen molar-refractivity contribution in [3.05, 3.63) is 52.5 Å². The first-order valence-electron chi connectivity index (χ1n) is 9.74. The van der Waals surface area contributed by atoms with E-state index in [0.29, 0.717) is 19.3 Å². The second kappa shape index (κ2) is 8.50. The summed E-state index contributed by atoms with van der Waals surface area (Å²) in [5, 5.41) is 9.70. The highest BCUT2D eigenvalue weighted by molar-refractivity contribution is 6.32. The lowest BCUT2D eigenvalue weighted by Gasteiger charge is -2.46. The highest BCUT2D eigenvalue weighted by atomic mass is 35.5. The normalized spacial score (nSPS) is 21.2. The zero-order valence-corrected chi connectivity index (χ0v) is 17.5. The average Bonchev–Trinajstić information content (AvgIpc) is 2.65. The third-order valence-corrected chi connectivity index (χ3v) is 6.20. The number of halogens is 7. The molecule has 1 N–H and O–H groups in total. The SMILES string of the molecule is CCC1CCC1(C(=O)O)c1cc(Cl)c(OCC(F)(F)F)c(-c2ccc(C(F)(F)F)cc2)c1. The first-order chi connectivity index (χ1) is 14.8. The van der Waals surface area contributed by atoms with Crippen molar-refractivity contribution in [3.63, 3.8) is 0 Å². The molecule has 2 unspecified atom stereocenters. The lowest BCUT2D eigenvalue weighted by atomic mass is 9.55. The van der Waals surface area contributed by atoms with Gasteiger partial charge in [0.1, 0.15) is 5.75 Å². The van der Waals surface area contributed by atoms with Crippen molar-refractivity contribution in [1.82, 2.24) is 0 Å². The molecule has 1 aliphatic carbocycles. The molecular weight excluding hydrogens is 462 g/mol. The number of carbonyl (C=O) groups is 1. The van der Waals surface area contributed by atoms with Crippen molar-refractivity contribution < 1.29 is 41.0 Å². The Labute approximate surface area is 184 Å². The van der Waals surface area contributed by atoms with Gasteiger partial charge in [-0.15, -0.1) is 0 Å². The maximum absolute atomic E-state index is 12.9. The number of carboxylic acids is 1. The summed E-state index contributed by atoms with van der Waals surface area (Å²) < 4.78 is 81.9. The average molecular weight is 481 g/mol. The van der Waals surface area contributed by atoms with E-state index in [9.17, 15) is 36.2 Å². The van der Waals surface area contributed by atoms with Crippen LogP contribution in [0.4, 0.5) is 26.3 Å². The van der Waals surface area contributed by atoms with Crippen molar-refractivity contribution in [1.29, 1.82) is 0 Å². The summed E-state index contributed by atoms with van der Waals surface area (Å²) in [6.45, 7) is 0.169. The van der Waals surface area contributed by atoms with Crippen LogP contribution >= 0.6 is 11.6 Å². The molecule has 174 valence electrons. The van der Waals surface area contributed by atoms with E-state index in [2.05, 4.69) is 0 Å². The van der Waals surface area contributed by atoms with Crippen molar-refractivity contribution in [2.75, 3.05) is 6.61 Å². The Kier molecular flexibility index (Phi) is 6.43. The molecule has 0 aliphatic heterocycles. The first kappa shape index (κ1) is 24.2. The summed E-state index contributed by atoms with van der Waals surface area (Å²) in [5.41, 5.74) is -1.82. The predicted molar refractivity (Wildman–Crippen MR) is 106 cm³/mol. The van der Waals surface area contributed by atoms with Gasteiger partial charge in [0.2, 0.25) is 0 Å². The molecule has 2 atom stereocenters. The summed E-state index contributed by atoms with van der Waals surface area (Å²) in [5.74, 6) is -1.67. The zero-order valence-electron chi connectivity index (χ0n) is 16.8. The molecular formula is C22H19ClF6O3. The fourth-order valence-corrected chi connectivity index (χ4v) is 4.45. The summed E-state index contributed by atoms with van der Waals surface area (Å²) in [6, 6.07) is 6.38. The van der Waals surface area contributed by atoms with Gasteiger partial charge in [0.15, 0.2) is 6.61 Å². The van der Waals surface area contributed by atoms with E-state index in [-0.39, 0.29) is 33.4 Å². The fourth-order valence-electron chi connectivity index (χ4n) is 4.18. The Morgan fingerprint density at radius 2 is 1.78 bits per heavy atom. The van der Waals surface area contributed by atoms with Crippen LogP contribution in [-0.2, 0) is 16.4 Å². The number of benzene rings is 2. The molecule has 2 aromatic carbocycles. The molecule has 2 aromatic rings. The van der Waals surface area contributed by atoms with Gasteiger partial charge >= 0.3 is 18.3 Å². The lowest BCUT2D eigenvalue weighted by Crippen LogP contribution is -2.50. The Morgan fingerprint density at radius 3 is 2.22 bits per heavy atom. The van der Waals surface area contributed by atoms with Gasteiger partial charge in [-0.3, -0.25) is 4.79 Å². The second-order valence-electron chi connectivity index (χ2n) is 7.73. The van der Waals surface area contributed by atoms with E-state index in [4.69, 9.17) is 16.3 Å². The lowest BCUT2D eigenvalue weighted by molar-refractivity contribution is -0.153. The maximum Gasteiger partial charge on any atom is 0.422 e. The topological polar surface area (TPSA) is 46.5 Å². The largest absolute Gasteiger partial charge is 0.482 e. The molecule has 0 radical (unpaired) electrons. The van der Waals surface area contributed by atoms with Gasteiger partial charge in [-0.2, -0.15) is 26.3 Å². The highest BCUT2D eigenvalue weighted by Gasteiger charge is 2.53. The molecule has 1 fully saturated rings. The Balaban J connectivity index is 2.16. The van der Waals surface area contributed by atoms with E-state index in [1.165, 1.54) is 12.1 Å². The minimum atomic E-state index is -4.68. The summed E-state index contributed by atoms with van der Waals surface area (Å²) in [6.07, 6.45) is -7.75. The summed E-state index contributed by atoms with van der Waals surface area (Å²) in [7, 11) is 0. The van der Waals surface area contributed by atoms with Crippen LogP contribution in [-0.4, -0.2) is 23.9 Å². The van der Waals surface area contributed by atoms with E-state index in [1.807, 2.05) is 6.92 Å². The number of rotatable bonds is 6. The van der Waals surface area contributed by atoms with Crippen molar-refractivity contribution in [3.8, 4) is 16.9 Å². The second-order valence-corrected chi connectivity index (χ2v) is 8.14. The molecule has 0 aromatic heterocycles. The van der Waals surface area contributed by atoms with Crippen LogP contribution in [0.3, 0.4) is 0 Å². The summed E-state index contributed by atoms with van der Waals surface area (Å²) >= 11 is 6.23. The van der Waals surface area contributed by atoms with Crippen molar-refractivity contribution in [2.45, 2.75) is 44.0 Å². The number of ether oxygens (including phenoxy) is 1. The van der Waals surface area contributed by atoms with E-state index in [1.54, 1.807) is 0 Å². The van der Waals surface area contributed by atoms with Crippen LogP contribution in [0.2, 0.25) is 5.02 Å². The van der Waals surface area contributed by atoms with Crippen molar-refractivity contribution >= 4 is 17.6 Å². The Morgan fingerprint density at radius 1 is 1.16 bits per heavy atom. The molecule has 3 rings (SSSR count). The van der Waals surface area contributed by atoms with Crippen LogP contribution in [0.15, 0.2) is 36.4 Å². The van der Waals surface area contributed by atoms with Crippen LogP contribution < -0.4 is 4.74 Å². The van der Waals surface area contributed by atoms with E-state index < -0.39 is 35.9 Å². The molecule has 0 bridgehead atoms. The highest BCUT2D eigenvalue weighted by Crippen LogP contribution is 2.53. The molecule has 0 spiro atoms. The van der Waals surface area contributed by atoms with Gasteiger partial charge < -0.3 is 9.84 Å². The molecule has 0 heterocycles. The third kappa shape index (κ3) is 4.53. The number of carboxylic acid groups (broad SMARTS) is 1. The van der Waals surface area contributed by atoms with Gasteiger partial charge in [0.05, 0.1) is 16.0 Å². The third-order valence-electron chi connectivity index (χ3n) is 5.92. The molecule has 0 amide bonds. The number of alkyl halides is 6. The predicted octanol–water partition coefficient (Wildman–Crippen LogP) is 7.11. The van der Waals surface area contributed by atoms with Gasteiger partial charge in [-0.25, -0.2) is 0 Å². The molecule has 1 saturated carbocycles. The van der Waals surface area contributed by atoms with Gasteiger partial charge in [0, 0.05) is 5.56 Å². The van der Waals surface area contributed by atoms with Gasteiger partial charge in [-0.05, 0) is 54.2 Å². The minimum Gasteiger partial charge on any atom is -0.482 e. The van der Waals surface area contributed by atoms with Crippen molar-refractivity contribution in [2.24, 2.45) is 5.92 Å². The molecule has 32 heavy (non-hydrogen) atoms. The van der Waals surface area contributed by atoms with Crippen LogP contribution in [0.1, 0.15) is 37.3 Å². The molecule has 1 aliphatic rings. The van der Waals surface area contributed by atoms with E-state index >= 15 is 0 Å². The molecule has 10 heteroatoms. The quantitative estimate of drug-likeness (QED) is 0.448. The number of aliphatic carboxylic acids is 1. The number of hydrogen-bond donors (Lipinski definition) is 1. The molecule has 3 nitrogen and oxygen atoms in total. The maximum atomic E-state index is 12.9. The Hall–Kier alpha value is -2.42.